The second kappa shape index (κ2) is 11.6. The Morgan fingerprint density at radius 1 is 1.00 bits per heavy atom. The standard InChI is InChI=1S/C4H6O3.2CH3.Au/c1-3(5)7-4(2)6;;;/h1-2H3;2*1H3;/q;2*-1;. The number of esters is 2. The van der Waals surface area contributed by atoms with E-state index < -0.39 is 11.9 Å². The molecule has 4 heteroatoms. The third-order valence-electron chi connectivity index (χ3n) is 0.287. The van der Waals surface area contributed by atoms with Crippen LogP contribution in [0.25, 0.3) is 0 Å². The average Bonchev–Trinajstić information content (AvgIpc) is 1.27. The van der Waals surface area contributed by atoms with Crippen LogP contribution in [0.1, 0.15) is 13.8 Å². The molecular formula is C6H12AuO3-2. The van der Waals surface area contributed by atoms with E-state index in [4.69, 9.17) is 0 Å². The van der Waals surface area contributed by atoms with Crippen molar-refractivity contribution in [1.82, 2.24) is 0 Å². The molecule has 0 fully saturated rings. The molecule has 0 atom stereocenters. The van der Waals surface area contributed by atoms with Gasteiger partial charge in [-0.05, 0) is 0 Å². The molecule has 0 heterocycles. The Morgan fingerprint density at radius 3 is 1.20 bits per heavy atom. The quantitative estimate of drug-likeness (QED) is 0.288. The van der Waals surface area contributed by atoms with Gasteiger partial charge in [0.05, 0.1) is 0 Å². The van der Waals surface area contributed by atoms with Crippen molar-refractivity contribution in [3.05, 3.63) is 14.9 Å². The zero-order chi connectivity index (χ0) is 5.86. The van der Waals surface area contributed by atoms with Crippen molar-refractivity contribution < 1.29 is 36.7 Å². The minimum Gasteiger partial charge on any atom is -0.394 e. The van der Waals surface area contributed by atoms with Crippen molar-refractivity contribution >= 4 is 11.9 Å². The molecule has 0 aromatic rings. The molecule has 0 rings (SSSR count). The van der Waals surface area contributed by atoms with E-state index in [0.717, 1.165) is 0 Å². The van der Waals surface area contributed by atoms with E-state index in [9.17, 15) is 9.59 Å². The summed E-state index contributed by atoms with van der Waals surface area (Å²) < 4.78 is 3.97. The molecule has 0 saturated heterocycles. The fraction of sp³-hybridized carbons (Fsp3) is 0.333. The zero-order valence-electron chi connectivity index (χ0n) is 6.53. The molecule has 3 nitrogen and oxygen atoms in total. The van der Waals surface area contributed by atoms with Crippen molar-refractivity contribution in [1.29, 1.82) is 0 Å². The van der Waals surface area contributed by atoms with Gasteiger partial charge in [-0.2, -0.15) is 0 Å². The molecule has 0 unspecified atom stereocenters. The summed E-state index contributed by atoms with van der Waals surface area (Å²) in [5.74, 6) is -1.12. The van der Waals surface area contributed by atoms with Crippen molar-refractivity contribution in [3.8, 4) is 0 Å². The fourth-order valence-electron chi connectivity index (χ4n) is 0.202. The Balaban J connectivity index is -0.0000000600. The normalized spacial score (nSPS) is 5.40. The Bertz CT molecular complexity index is 89.2. The van der Waals surface area contributed by atoms with Crippen molar-refractivity contribution in [2.45, 2.75) is 13.8 Å². The first-order chi connectivity index (χ1) is 3.13. The van der Waals surface area contributed by atoms with Crippen LogP contribution in [0.5, 0.6) is 0 Å². The van der Waals surface area contributed by atoms with Gasteiger partial charge in [0.2, 0.25) is 0 Å². The Labute approximate surface area is 77.6 Å². The van der Waals surface area contributed by atoms with E-state index in [0.29, 0.717) is 0 Å². The molecule has 0 aromatic carbocycles. The molecule has 0 amide bonds. The maximum atomic E-state index is 9.81. The number of rotatable bonds is 0. The van der Waals surface area contributed by atoms with Gasteiger partial charge in [-0.3, -0.25) is 9.59 Å². The van der Waals surface area contributed by atoms with Crippen LogP contribution < -0.4 is 0 Å². The van der Waals surface area contributed by atoms with Crippen LogP contribution >= 0.6 is 0 Å². The molecule has 67 valence electrons. The molecule has 0 saturated carbocycles. The second-order valence-electron chi connectivity index (χ2n) is 1.09. The Kier molecular flexibility index (Phi) is 26.2. The van der Waals surface area contributed by atoms with Crippen LogP contribution in [0.3, 0.4) is 0 Å². The fourth-order valence-corrected chi connectivity index (χ4v) is 0.202. The van der Waals surface area contributed by atoms with Gasteiger partial charge in [0.25, 0.3) is 0 Å². The van der Waals surface area contributed by atoms with Gasteiger partial charge in [-0.25, -0.2) is 0 Å². The summed E-state index contributed by atoms with van der Waals surface area (Å²) in [7, 11) is 0. The van der Waals surface area contributed by atoms with Crippen LogP contribution in [-0.2, 0) is 36.7 Å². The predicted octanol–water partition coefficient (Wildman–Crippen LogP) is 0.994. The van der Waals surface area contributed by atoms with Crippen LogP contribution in [0.15, 0.2) is 0 Å². The Morgan fingerprint density at radius 2 is 1.20 bits per heavy atom. The van der Waals surface area contributed by atoms with Gasteiger partial charge in [0, 0.05) is 36.2 Å². The van der Waals surface area contributed by atoms with Gasteiger partial charge >= 0.3 is 11.9 Å². The largest absolute Gasteiger partial charge is 0.394 e. The molecule has 0 aliphatic carbocycles. The van der Waals surface area contributed by atoms with E-state index in [1.165, 1.54) is 13.8 Å². The summed E-state index contributed by atoms with van der Waals surface area (Å²) >= 11 is 0. The van der Waals surface area contributed by atoms with E-state index in [-0.39, 0.29) is 37.2 Å². The number of carbonyl (C=O) groups is 2. The zero-order valence-corrected chi connectivity index (χ0v) is 8.69. The van der Waals surface area contributed by atoms with E-state index in [1.54, 1.807) is 0 Å². The SMILES string of the molecule is CC(=O)OC(C)=O.[Au].[CH3-].[CH3-]. The van der Waals surface area contributed by atoms with Gasteiger partial charge in [-0.15, -0.1) is 0 Å². The topological polar surface area (TPSA) is 43.4 Å². The molecular weight excluding hydrogens is 317 g/mol. The molecule has 0 aromatic heterocycles. The van der Waals surface area contributed by atoms with Gasteiger partial charge in [0.15, 0.2) is 0 Å². The summed E-state index contributed by atoms with van der Waals surface area (Å²) in [6.45, 7) is 2.36. The monoisotopic (exact) mass is 329 g/mol. The average molecular weight is 329 g/mol. The maximum Gasteiger partial charge on any atom is 0.310 e. The van der Waals surface area contributed by atoms with Crippen LogP contribution in [0.4, 0.5) is 0 Å². The Hall–Kier alpha value is -0.120. The first-order valence-corrected chi connectivity index (χ1v) is 1.82. The molecule has 0 aliphatic heterocycles. The summed E-state index contributed by atoms with van der Waals surface area (Å²) in [6.07, 6.45) is 0. The first-order valence-electron chi connectivity index (χ1n) is 1.82. The van der Waals surface area contributed by atoms with Gasteiger partial charge < -0.3 is 19.6 Å². The molecule has 0 N–H and O–H groups in total. The summed E-state index contributed by atoms with van der Waals surface area (Å²) in [5, 5.41) is 0. The molecule has 0 bridgehead atoms. The number of carbonyl (C=O) groups excluding carboxylic acids is 2. The van der Waals surface area contributed by atoms with Gasteiger partial charge in [0.1, 0.15) is 0 Å². The summed E-state index contributed by atoms with van der Waals surface area (Å²) in [4.78, 5) is 19.6. The molecule has 0 aliphatic rings. The first kappa shape index (κ1) is 22.5. The minimum atomic E-state index is -0.562. The van der Waals surface area contributed by atoms with Crippen molar-refractivity contribution in [2.24, 2.45) is 0 Å². The molecule has 10 heavy (non-hydrogen) atoms. The second-order valence-corrected chi connectivity index (χ2v) is 1.09. The third kappa shape index (κ3) is 24.8. The number of hydrogen-bond donors (Lipinski definition) is 0. The number of hydrogen-bond acceptors (Lipinski definition) is 3. The molecule has 0 spiro atoms. The van der Waals surface area contributed by atoms with Gasteiger partial charge in [-0.1, -0.05) is 0 Å². The van der Waals surface area contributed by atoms with Crippen LogP contribution in [0, 0.1) is 14.9 Å². The van der Waals surface area contributed by atoms with Crippen LogP contribution in [-0.4, -0.2) is 11.9 Å². The van der Waals surface area contributed by atoms with Crippen molar-refractivity contribution in [3.63, 3.8) is 0 Å². The smallest absolute Gasteiger partial charge is 0.310 e. The van der Waals surface area contributed by atoms with E-state index in [1.807, 2.05) is 0 Å². The predicted molar refractivity (Wildman–Crippen MR) is 35.3 cm³/mol. The summed E-state index contributed by atoms with van der Waals surface area (Å²) in [5.41, 5.74) is 0. The van der Waals surface area contributed by atoms with E-state index >= 15 is 0 Å². The van der Waals surface area contributed by atoms with Crippen LogP contribution in [0.2, 0.25) is 0 Å². The minimum absolute atomic E-state index is 0. The molecule has 1 radical (unpaired) electrons. The maximum absolute atomic E-state index is 9.81. The van der Waals surface area contributed by atoms with E-state index in [2.05, 4.69) is 4.74 Å². The number of ether oxygens (including phenoxy) is 1. The summed E-state index contributed by atoms with van der Waals surface area (Å²) in [6, 6.07) is 0. The third-order valence-corrected chi connectivity index (χ3v) is 0.287. The van der Waals surface area contributed by atoms with Crippen molar-refractivity contribution in [2.75, 3.05) is 0 Å².